The summed E-state index contributed by atoms with van der Waals surface area (Å²) in [5, 5.41) is 0. The molecule has 0 heterocycles. The average Bonchev–Trinajstić information content (AvgIpc) is 2.43. The van der Waals surface area contributed by atoms with Crippen molar-refractivity contribution >= 4 is 11.6 Å². The number of carbonyl (C=O) groups excluding carboxylic acids is 1. The van der Waals surface area contributed by atoms with Crippen LogP contribution in [0.15, 0.2) is 24.3 Å². The second-order valence-corrected chi connectivity index (χ2v) is 4.76. The highest BCUT2D eigenvalue weighted by atomic mass is 16.2. The van der Waals surface area contributed by atoms with Gasteiger partial charge in [0, 0.05) is 25.2 Å². The average molecular weight is 262 g/mol. The summed E-state index contributed by atoms with van der Waals surface area (Å²) < 4.78 is 0. The third-order valence-corrected chi connectivity index (χ3v) is 3.45. The van der Waals surface area contributed by atoms with Crippen molar-refractivity contribution < 1.29 is 4.79 Å². The van der Waals surface area contributed by atoms with E-state index < -0.39 is 0 Å². The van der Waals surface area contributed by atoms with Gasteiger partial charge in [-0.05, 0) is 37.7 Å². The van der Waals surface area contributed by atoms with Gasteiger partial charge < -0.3 is 9.80 Å². The first-order chi connectivity index (χ1) is 9.12. The first kappa shape index (κ1) is 15.7. The number of hydrogen-bond donors (Lipinski definition) is 0. The molecule has 0 fully saturated rings. The monoisotopic (exact) mass is 262 g/mol. The number of hydrogen-bond acceptors (Lipinski definition) is 2. The van der Waals surface area contributed by atoms with Crippen LogP contribution in [0.5, 0.6) is 0 Å². The van der Waals surface area contributed by atoms with Gasteiger partial charge >= 0.3 is 0 Å². The van der Waals surface area contributed by atoms with Crippen molar-refractivity contribution in [1.29, 1.82) is 0 Å². The molecule has 0 unspecified atom stereocenters. The number of rotatable bonds is 7. The summed E-state index contributed by atoms with van der Waals surface area (Å²) in [5.74, 6) is 0.192. The molecule has 0 radical (unpaired) electrons. The number of aryl methyl sites for hydroxylation is 1. The number of likely N-dealkylation sites (N-methyl/N-ethyl adjacent to an activating group) is 1. The molecule has 0 saturated heterocycles. The largest absolute Gasteiger partial charge is 0.311 e. The molecule has 3 heteroatoms. The van der Waals surface area contributed by atoms with E-state index in [1.165, 1.54) is 5.56 Å². The van der Waals surface area contributed by atoms with Crippen LogP contribution in [0.3, 0.4) is 0 Å². The van der Waals surface area contributed by atoms with Crippen LogP contribution in [0.25, 0.3) is 0 Å². The molecule has 0 aliphatic carbocycles. The molecule has 1 amide bonds. The normalized spacial score (nSPS) is 10.8. The fourth-order valence-corrected chi connectivity index (χ4v) is 2.17. The van der Waals surface area contributed by atoms with Crippen LogP contribution in [0.4, 0.5) is 5.69 Å². The molecule has 106 valence electrons. The lowest BCUT2D eigenvalue weighted by Gasteiger charge is -2.26. The zero-order valence-corrected chi connectivity index (χ0v) is 12.6. The van der Waals surface area contributed by atoms with Crippen molar-refractivity contribution in [1.82, 2.24) is 4.90 Å². The first-order valence-corrected chi connectivity index (χ1v) is 7.21. The van der Waals surface area contributed by atoms with Crippen molar-refractivity contribution in [2.45, 2.75) is 34.1 Å². The summed E-state index contributed by atoms with van der Waals surface area (Å²) in [6, 6.07) is 8.17. The second-order valence-electron chi connectivity index (χ2n) is 4.76. The van der Waals surface area contributed by atoms with E-state index in [1.54, 1.807) is 0 Å². The third-order valence-electron chi connectivity index (χ3n) is 3.45. The number of amides is 1. The van der Waals surface area contributed by atoms with Gasteiger partial charge in [-0.1, -0.05) is 32.9 Å². The van der Waals surface area contributed by atoms with Gasteiger partial charge in [0.1, 0.15) is 0 Å². The van der Waals surface area contributed by atoms with E-state index in [9.17, 15) is 4.79 Å². The Balaban J connectivity index is 2.81. The molecule has 0 aliphatic heterocycles. The Kier molecular flexibility index (Phi) is 6.57. The molecular weight excluding hydrogens is 236 g/mol. The van der Waals surface area contributed by atoms with Crippen LogP contribution in [0, 0.1) is 6.92 Å². The van der Waals surface area contributed by atoms with Gasteiger partial charge in [0.05, 0.1) is 0 Å². The van der Waals surface area contributed by atoms with E-state index in [1.807, 2.05) is 24.0 Å². The van der Waals surface area contributed by atoms with Crippen LogP contribution < -0.4 is 4.90 Å². The summed E-state index contributed by atoms with van der Waals surface area (Å²) in [5.41, 5.74) is 2.20. The van der Waals surface area contributed by atoms with Crippen molar-refractivity contribution in [3.05, 3.63) is 29.8 Å². The molecule has 0 N–H and O–H groups in total. The van der Waals surface area contributed by atoms with Gasteiger partial charge in [-0.3, -0.25) is 4.79 Å². The number of nitrogens with zero attached hydrogens (tertiary/aromatic N) is 2. The minimum atomic E-state index is 0.192. The molecule has 1 aromatic carbocycles. The van der Waals surface area contributed by atoms with E-state index in [-0.39, 0.29) is 5.91 Å². The highest BCUT2D eigenvalue weighted by Gasteiger charge is 2.14. The summed E-state index contributed by atoms with van der Waals surface area (Å²) in [7, 11) is 0. The molecule has 0 bridgehead atoms. The maximum atomic E-state index is 12.1. The summed E-state index contributed by atoms with van der Waals surface area (Å²) in [6.45, 7) is 12.0. The fourth-order valence-electron chi connectivity index (χ4n) is 2.17. The van der Waals surface area contributed by atoms with Crippen molar-refractivity contribution in [3.63, 3.8) is 0 Å². The minimum absolute atomic E-state index is 0.192. The first-order valence-electron chi connectivity index (χ1n) is 7.21. The van der Waals surface area contributed by atoms with Gasteiger partial charge in [-0.25, -0.2) is 0 Å². The molecule has 0 spiro atoms. The SMILES string of the molecule is CCC(=O)N(CCN(CC)CC)c1cccc(C)c1. The van der Waals surface area contributed by atoms with Gasteiger partial charge in [-0.2, -0.15) is 0 Å². The van der Waals surface area contributed by atoms with E-state index in [4.69, 9.17) is 0 Å². The predicted octanol–water partition coefficient (Wildman–Crippen LogP) is 3.08. The predicted molar refractivity (Wildman–Crippen MR) is 81.6 cm³/mol. The lowest BCUT2D eigenvalue weighted by atomic mass is 10.2. The maximum Gasteiger partial charge on any atom is 0.226 e. The molecule has 0 aliphatic rings. The highest BCUT2D eigenvalue weighted by molar-refractivity contribution is 5.93. The molecule has 1 rings (SSSR count). The zero-order valence-electron chi connectivity index (χ0n) is 12.6. The smallest absolute Gasteiger partial charge is 0.226 e. The maximum absolute atomic E-state index is 12.1. The lowest BCUT2D eigenvalue weighted by molar-refractivity contribution is -0.118. The van der Waals surface area contributed by atoms with E-state index >= 15 is 0 Å². The summed E-state index contributed by atoms with van der Waals surface area (Å²) >= 11 is 0. The molecule has 0 saturated carbocycles. The number of benzene rings is 1. The Labute approximate surface area is 117 Å². The van der Waals surface area contributed by atoms with E-state index in [0.717, 1.165) is 31.9 Å². The van der Waals surface area contributed by atoms with E-state index in [0.29, 0.717) is 6.42 Å². The molecular formula is C16H26N2O. The van der Waals surface area contributed by atoms with E-state index in [2.05, 4.69) is 37.8 Å². The van der Waals surface area contributed by atoms with Crippen molar-refractivity contribution in [2.24, 2.45) is 0 Å². The Morgan fingerprint density at radius 2 is 1.79 bits per heavy atom. The highest BCUT2D eigenvalue weighted by Crippen LogP contribution is 2.17. The van der Waals surface area contributed by atoms with Gasteiger partial charge in [0.15, 0.2) is 0 Å². The Morgan fingerprint density at radius 3 is 2.32 bits per heavy atom. The molecule has 3 nitrogen and oxygen atoms in total. The van der Waals surface area contributed by atoms with Crippen LogP contribution in [0.2, 0.25) is 0 Å². The van der Waals surface area contributed by atoms with Gasteiger partial charge in [-0.15, -0.1) is 0 Å². The van der Waals surface area contributed by atoms with Gasteiger partial charge in [0.25, 0.3) is 0 Å². The summed E-state index contributed by atoms with van der Waals surface area (Å²) in [6.07, 6.45) is 0.548. The number of anilines is 1. The Morgan fingerprint density at radius 1 is 1.11 bits per heavy atom. The number of carbonyl (C=O) groups is 1. The van der Waals surface area contributed by atoms with Crippen LogP contribution in [-0.2, 0) is 4.79 Å². The quantitative estimate of drug-likeness (QED) is 0.754. The molecule has 0 atom stereocenters. The minimum Gasteiger partial charge on any atom is -0.311 e. The van der Waals surface area contributed by atoms with Crippen molar-refractivity contribution in [2.75, 3.05) is 31.1 Å². The molecule has 1 aromatic rings. The zero-order chi connectivity index (χ0) is 14.3. The topological polar surface area (TPSA) is 23.6 Å². The van der Waals surface area contributed by atoms with Crippen LogP contribution in [-0.4, -0.2) is 37.0 Å². The Bertz CT molecular complexity index is 399. The van der Waals surface area contributed by atoms with Crippen LogP contribution in [0.1, 0.15) is 32.8 Å². The standard InChI is InChI=1S/C16H26N2O/c1-5-16(19)18(12-11-17(6-2)7-3)15-10-8-9-14(4)13-15/h8-10,13H,5-7,11-12H2,1-4H3. The molecule has 0 aromatic heterocycles. The second kappa shape index (κ2) is 7.95. The lowest BCUT2D eigenvalue weighted by Crippen LogP contribution is -2.38. The third kappa shape index (κ3) is 4.67. The van der Waals surface area contributed by atoms with Gasteiger partial charge in [0.2, 0.25) is 5.91 Å². The van der Waals surface area contributed by atoms with Crippen molar-refractivity contribution in [3.8, 4) is 0 Å². The van der Waals surface area contributed by atoms with Crippen LogP contribution >= 0.6 is 0 Å². The Hall–Kier alpha value is -1.35. The molecule has 19 heavy (non-hydrogen) atoms. The summed E-state index contributed by atoms with van der Waals surface area (Å²) in [4.78, 5) is 16.4. The fraction of sp³-hybridized carbons (Fsp3) is 0.562.